The normalized spacial score (nSPS) is 10.4. The largest absolute Gasteiger partial charge is 0.500 e. The average molecular weight is 720 g/mol. The summed E-state index contributed by atoms with van der Waals surface area (Å²) in [6, 6.07) is 42.3. The first-order chi connectivity index (χ1) is 20.1. The molecule has 42 heavy (non-hydrogen) atoms. The molecule has 0 saturated heterocycles. The summed E-state index contributed by atoms with van der Waals surface area (Å²) in [6.07, 6.45) is 3.64. The molecule has 4 aromatic carbocycles. The van der Waals surface area contributed by atoms with Gasteiger partial charge in [-0.15, -0.1) is 53.6 Å². The van der Waals surface area contributed by atoms with Gasteiger partial charge in [-0.2, -0.15) is 5.26 Å². The molecule has 7 rings (SSSR count). The molecule has 205 valence electrons. The molecular weight excluding hydrogens is 695 g/mol. The Labute approximate surface area is 258 Å². The van der Waals surface area contributed by atoms with Gasteiger partial charge in [-0.3, -0.25) is 0 Å². The third kappa shape index (κ3) is 5.64. The molecule has 0 unspecified atom stereocenters. The van der Waals surface area contributed by atoms with E-state index in [0.717, 1.165) is 66.7 Å². The van der Waals surface area contributed by atoms with E-state index in [1.54, 1.807) is 6.20 Å². The standard InChI is InChI=1S/C26H17N2O.C11H8N.Ir/c1-16-8-13-22(28-15-16)20-11-9-17(2)23-21-12-10-19(14-27)24(26(21)29-25(20)23)18-6-4-3-5-7-18;1-2-6-10(7-3-1)11-8-4-5-9-12-11;/h3-10,12-13,15H,1-2H3;1-6,8-9H;/q2*-1;. The van der Waals surface area contributed by atoms with E-state index in [-0.39, 0.29) is 20.1 Å². The van der Waals surface area contributed by atoms with Gasteiger partial charge in [0.15, 0.2) is 0 Å². The molecule has 4 nitrogen and oxygen atoms in total. The summed E-state index contributed by atoms with van der Waals surface area (Å²) in [5.74, 6) is 0. The minimum Gasteiger partial charge on any atom is -0.500 e. The van der Waals surface area contributed by atoms with Crippen molar-refractivity contribution in [1.29, 1.82) is 5.26 Å². The molecule has 0 aliphatic carbocycles. The zero-order valence-corrected chi connectivity index (χ0v) is 25.4. The summed E-state index contributed by atoms with van der Waals surface area (Å²) in [4.78, 5) is 8.79. The summed E-state index contributed by atoms with van der Waals surface area (Å²) in [5.41, 5.74) is 9.71. The van der Waals surface area contributed by atoms with Crippen LogP contribution in [0.2, 0.25) is 0 Å². The quantitative estimate of drug-likeness (QED) is 0.171. The Balaban J connectivity index is 0.000000228. The molecule has 0 aliphatic rings. The number of benzene rings is 4. The van der Waals surface area contributed by atoms with Gasteiger partial charge in [0.05, 0.1) is 17.2 Å². The van der Waals surface area contributed by atoms with Crippen molar-refractivity contribution < 1.29 is 24.5 Å². The van der Waals surface area contributed by atoms with E-state index in [4.69, 9.17) is 4.42 Å². The van der Waals surface area contributed by atoms with Crippen LogP contribution < -0.4 is 0 Å². The van der Waals surface area contributed by atoms with Crippen molar-refractivity contribution in [2.75, 3.05) is 0 Å². The minimum absolute atomic E-state index is 0. The van der Waals surface area contributed by atoms with Crippen LogP contribution in [-0.2, 0) is 20.1 Å². The third-order valence-corrected chi connectivity index (χ3v) is 6.91. The van der Waals surface area contributed by atoms with Gasteiger partial charge < -0.3 is 14.4 Å². The molecule has 0 atom stereocenters. The van der Waals surface area contributed by atoms with Crippen LogP contribution in [0, 0.1) is 37.3 Å². The monoisotopic (exact) mass is 720 g/mol. The number of furan rings is 1. The topological polar surface area (TPSA) is 62.7 Å². The Kier molecular flexibility index (Phi) is 8.69. The summed E-state index contributed by atoms with van der Waals surface area (Å²) in [6.45, 7) is 4.07. The van der Waals surface area contributed by atoms with Crippen LogP contribution in [0.5, 0.6) is 0 Å². The van der Waals surface area contributed by atoms with Crippen LogP contribution >= 0.6 is 0 Å². The number of fused-ring (bicyclic) bond motifs is 3. The second-order valence-electron chi connectivity index (χ2n) is 9.71. The number of nitriles is 1. The van der Waals surface area contributed by atoms with Gasteiger partial charge in [0.2, 0.25) is 0 Å². The van der Waals surface area contributed by atoms with Crippen molar-refractivity contribution in [3.05, 3.63) is 144 Å². The van der Waals surface area contributed by atoms with Crippen molar-refractivity contribution in [1.82, 2.24) is 9.97 Å². The predicted octanol–water partition coefficient (Wildman–Crippen LogP) is 9.15. The fourth-order valence-corrected chi connectivity index (χ4v) is 4.91. The van der Waals surface area contributed by atoms with Gasteiger partial charge >= 0.3 is 0 Å². The molecule has 0 spiro atoms. The second-order valence-corrected chi connectivity index (χ2v) is 9.71. The molecule has 0 amide bonds. The molecule has 5 heteroatoms. The Hall–Kier alpha value is -4.88. The molecule has 0 saturated carbocycles. The van der Waals surface area contributed by atoms with Crippen molar-refractivity contribution in [3.63, 3.8) is 0 Å². The van der Waals surface area contributed by atoms with E-state index in [9.17, 15) is 5.26 Å². The van der Waals surface area contributed by atoms with Gasteiger partial charge in [0.25, 0.3) is 0 Å². The number of aromatic nitrogens is 2. The number of pyridine rings is 2. The maximum absolute atomic E-state index is 9.72. The average Bonchev–Trinajstić information content (AvgIpc) is 3.43. The first-order valence-electron chi connectivity index (χ1n) is 13.3. The summed E-state index contributed by atoms with van der Waals surface area (Å²) < 4.78 is 6.45. The van der Waals surface area contributed by atoms with Crippen LogP contribution in [0.1, 0.15) is 16.7 Å². The van der Waals surface area contributed by atoms with Gasteiger partial charge in [-0.25, -0.2) is 0 Å². The van der Waals surface area contributed by atoms with E-state index >= 15 is 0 Å². The van der Waals surface area contributed by atoms with Crippen molar-refractivity contribution in [2.24, 2.45) is 0 Å². The minimum atomic E-state index is 0. The molecule has 7 aromatic rings. The maximum atomic E-state index is 9.72. The van der Waals surface area contributed by atoms with Crippen LogP contribution in [0.15, 0.2) is 120 Å². The molecule has 0 N–H and O–H groups in total. The summed E-state index contributed by atoms with van der Waals surface area (Å²) >= 11 is 0. The molecule has 0 bridgehead atoms. The van der Waals surface area contributed by atoms with Crippen LogP contribution in [0.25, 0.3) is 55.6 Å². The van der Waals surface area contributed by atoms with E-state index < -0.39 is 0 Å². The van der Waals surface area contributed by atoms with Crippen LogP contribution in [-0.4, -0.2) is 9.97 Å². The maximum Gasteiger partial charge on any atom is 0.130 e. The molecule has 0 aliphatic heterocycles. The number of hydrogen-bond donors (Lipinski definition) is 0. The molecule has 3 aromatic heterocycles. The molecular formula is C37H25IrN3O-2. The third-order valence-electron chi connectivity index (χ3n) is 6.91. The van der Waals surface area contributed by atoms with E-state index in [2.05, 4.69) is 35.1 Å². The molecule has 1 radical (unpaired) electrons. The van der Waals surface area contributed by atoms with E-state index in [1.807, 2.05) is 116 Å². The van der Waals surface area contributed by atoms with Crippen LogP contribution in [0.3, 0.4) is 0 Å². The zero-order chi connectivity index (χ0) is 28.2. The summed E-state index contributed by atoms with van der Waals surface area (Å²) in [5, 5.41) is 11.8. The number of nitrogens with zero attached hydrogens (tertiary/aromatic N) is 3. The van der Waals surface area contributed by atoms with Crippen molar-refractivity contribution in [2.45, 2.75) is 13.8 Å². The summed E-state index contributed by atoms with van der Waals surface area (Å²) in [7, 11) is 0. The van der Waals surface area contributed by atoms with Gasteiger partial charge in [-0.05, 0) is 41.6 Å². The second kappa shape index (κ2) is 12.7. The first-order valence-corrected chi connectivity index (χ1v) is 13.3. The van der Waals surface area contributed by atoms with Crippen molar-refractivity contribution in [3.8, 4) is 39.7 Å². The van der Waals surface area contributed by atoms with E-state index in [0.29, 0.717) is 5.56 Å². The van der Waals surface area contributed by atoms with Crippen molar-refractivity contribution >= 4 is 21.9 Å². The van der Waals surface area contributed by atoms with Crippen LogP contribution in [0.4, 0.5) is 0 Å². The number of rotatable bonds is 3. The first kappa shape index (κ1) is 28.6. The Bertz CT molecular complexity index is 1960. The Morgan fingerprint density at radius 1 is 0.762 bits per heavy atom. The smallest absolute Gasteiger partial charge is 0.130 e. The van der Waals surface area contributed by atoms with E-state index in [1.165, 1.54) is 0 Å². The predicted molar refractivity (Wildman–Crippen MR) is 164 cm³/mol. The molecule has 3 heterocycles. The van der Waals surface area contributed by atoms with Gasteiger partial charge in [-0.1, -0.05) is 78.5 Å². The number of aryl methyl sites for hydroxylation is 2. The Morgan fingerprint density at radius 2 is 1.57 bits per heavy atom. The van der Waals surface area contributed by atoms with Gasteiger partial charge in [0, 0.05) is 43.4 Å². The van der Waals surface area contributed by atoms with Gasteiger partial charge in [0.1, 0.15) is 5.58 Å². The fourth-order valence-electron chi connectivity index (χ4n) is 4.91. The molecule has 0 fully saturated rings. The SMILES string of the molecule is Cc1ccc(-c2[c-]cc(C)c3c2oc2c(-c4ccccc4)c(C#N)ccc23)nc1.[Ir].[c-]1ccccc1-c1ccccn1. The Morgan fingerprint density at radius 3 is 2.26 bits per heavy atom. The number of hydrogen-bond acceptors (Lipinski definition) is 4. The fraction of sp³-hybridized carbons (Fsp3) is 0.0541. The zero-order valence-electron chi connectivity index (χ0n) is 23.1.